The maximum absolute atomic E-state index is 12.9. The molecule has 1 atom stereocenters. The van der Waals surface area contributed by atoms with E-state index in [9.17, 15) is 14.7 Å². The molecular weight excluding hydrogens is 410 g/mol. The van der Waals surface area contributed by atoms with Crippen LogP contribution in [-0.2, 0) is 11.3 Å². The number of fused-ring (bicyclic) bond motifs is 1. The van der Waals surface area contributed by atoms with Crippen LogP contribution in [0.2, 0.25) is 5.02 Å². The zero-order valence-electron chi connectivity index (χ0n) is 16.3. The summed E-state index contributed by atoms with van der Waals surface area (Å²) in [6.07, 6.45) is 0. The lowest BCUT2D eigenvalue weighted by Gasteiger charge is -2.25. The first-order valence-electron chi connectivity index (χ1n) is 9.23. The van der Waals surface area contributed by atoms with E-state index in [2.05, 4.69) is 5.32 Å². The lowest BCUT2D eigenvalue weighted by Crippen LogP contribution is -2.44. The highest BCUT2D eigenvalue weighted by molar-refractivity contribution is 7.99. The van der Waals surface area contributed by atoms with Crippen molar-refractivity contribution in [3.63, 3.8) is 0 Å². The van der Waals surface area contributed by atoms with Crippen molar-refractivity contribution in [2.75, 3.05) is 17.2 Å². The van der Waals surface area contributed by atoms with Gasteiger partial charge >= 0.3 is 0 Å². The molecule has 2 amide bonds. The molecule has 3 rings (SSSR count). The van der Waals surface area contributed by atoms with Crippen LogP contribution in [-0.4, -0.2) is 40.9 Å². The Labute approximate surface area is 179 Å². The third-order valence-corrected chi connectivity index (χ3v) is 5.88. The van der Waals surface area contributed by atoms with Crippen LogP contribution in [0.1, 0.15) is 29.8 Å². The normalized spacial score (nSPS) is 16.9. The van der Waals surface area contributed by atoms with Crippen molar-refractivity contribution < 1.29 is 14.7 Å². The van der Waals surface area contributed by atoms with Crippen molar-refractivity contribution in [1.29, 1.82) is 0 Å². The Hall–Kier alpha value is -2.06. The fourth-order valence-corrected chi connectivity index (χ4v) is 4.00. The van der Waals surface area contributed by atoms with Crippen LogP contribution in [0.4, 0.5) is 5.69 Å². The number of benzene rings is 2. The highest BCUT2D eigenvalue weighted by Gasteiger charge is 2.29. The molecule has 0 spiro atoms. The maximum Gasteiger partial charge on any atom is 0.251 e. The van der Waals surface area contributed by atoms with E-state index in [-0.39, 0.29) is 18.4 Å². The Balaban J connectivity index is 1.93. The molecule has 6 nitrogen and oxygen atoms in total. The molecule has 2 aromatic carbocycles. The third-order valence-electron chi connectivity index (χ3n) is 4.45. The smallest absolute Gasteiger partial charge is 0.251 e. The second-order valence-electron chi connectivity index (χ2n) is 7.65. The number of hydrogen-bond donors (Lipinski definition) is 3. The number of nitrogens with two attached hydrogens (primary N) is 1. The molecule has 0 fully saturated rings. The highest BCUT2D eigenvalue weighted by atomic mass is 35.5. The van der Waals surface area contributed by atoms with Crippen molar-refractivity contribution in [2.24, 2.45) is 5.73 Å². The number of anilines is 1. The van der Waals surface area contributed by atoms with Crippen LogP contribution >= 0.6 is 23.4 Å². The van der Waals surface area contributed by atoms with Crippen LogP contribution in [0.15, 0.2) is 47.4 Å². The van der Waals surface area contributed by atoms with Gasteiger partial charge in [0.2, 0.25) is 5.91 Å². The van der Waals surface area contributed by atoms with Gasteiger partial charge in [0.05, 0.1) is 23.9 Å². The SMILES string of the molecule is CC(C)(O)CNC(=O)c1ccc2c(c1)N(Cc1ccc(Cl)cc1)C(=O)[C@@H](N)CS2. The molecule has 1 aliphatic heterocycles. The molecule has 0 unspecified atom stereocenters. The molecule has 1 aliphatic rings. The van der Waals surface area contributed by atoms with E-state index in [1.807, 2.05) is 18.2 Å². The Morgan fingerprint density at radius 1 is 1.31 bits per heavy atom. The molecule has 1 heterocycles. The van der Waals surface area contributed by atoms with E-state index < -0.39 is 11.6 Å². The zero-order valence-corrected chi connectivity index (χ0v) is 17.9. The largest absolute Gasteiger partial charge is 0.389 e. The quantitative estimate of drug-likeness (QED) is 0.673. The van der Waals surface area contributed by atoms with Gasteiger partial charge in [-0.1, -0.05) is 23.7 Å². The summed E-state index contributed by atoms with van der Waals surface area (Å²) < 4.78 is 0. The summed E-state index contributed by atoms with van der Waals surface area (Å²) in [5.74, 6) is -0.0414. The van der Waals surface area contributed by atoms with Gasteiger partial charge in [0.15, 0.2) is 0 Å². The number of nitrogens with one attached hydrogen (secondary N) is 1. The molecular formula is C21H24ClN3O3S. The summed E-state index contributed by atoms with van der Waals surface area (Å²) in [6.45, 7) is 3.69. The van der Waals surface area contributed by atoms with Gasteiger partial charge in [-0.2, -0.15) is 0 Å². The lowest BCUT2D eigenvalue weighted by atomic mass is 10.1. The number of aliphatic hydroxyl groups is 1. The number of halogens is 1. The molecule has 154 valence electrons. The zero-order chi connectivity index (χ0) is 21.2. The number of carbonyl (C=O) groups excluding carboxylic acids is 2. The minimum Gasteiger partial charge on any atom is -0.389 e. The van der Waals surface area contributed by atoms with Crippen molar-refractivity contribution in [1.82, 2.24) is 5.32 Å². The van der Waals surface area contributed by atoms with Gasteiger partial charge in [0.25, 0.3) is 5.91 Å². The lowest BCUT2D eigenvalue weighted by molar-refractivity contribution is -0.119. The second-order valence-corrected chi connectivity index (χ2v) is 9.14. The van der Waals surface area contributed by atoms with Crippen molar-refractivity contribution >= 4 is 40.9 Å². The first kappa shape index (κ1) is 21.6. The average molecular weight is 434 g/mol. The Morgan fingerprint density at radius 2 is 2.00 bits per heavy atom. The van der Waals surface area contributed by atoms with E-state index in [1.165, 1.54) is 11.8 Å². The Kier molecular flexibility index (Phi) is 6.53. The first-order chi connectivity index (χ1) is 13.6. The van der Waals surface area contributed by atoms with Gasteiger partial charge in [-0.3, -0.25) is 9.59 Å². The third kappa shape index (κ3) is 5.51. The predicted octanol–water partition coefficient (Wildman–Crippen LogP) is 2.81. The molecule has 4 N–H and O–H groups in total. The van der Waals surface area contributed by atoms with E-state index in [0.29, 0.717) is 28.6 Å². The summed E-state index contributed by atoms with van der Waals surface area (Å²) in [6, 6.07) is 11.9. The van der Waals surface area contributed by atoms with E-state index in [1.54, 1.807) is 43.0 Å². The maximum atomic E-state index is 12.9. The van der Waals surface area contributed by atoms with Crippen molar-refractivity contribution in [2.45, 2.75) is 36.9 Å². The van der Waals surface area contributed by atoms with Crippen LogP contribution in [0.25, 0.3) is 0 Å². The molecule has 0 saturated heterocycles. The van der Waals surface area contributed by atoms with Gasteiger partial charge in [-0.05, 0) is 49.7 Å². The fourth-order valence-electron chi connectivity index (χ4n) is 2.90. The summed E-state index contributed by atoms with van der Waals surface area (Å²) >= 11 is 7.46. The minimum atomic E-state index is -1.01. The number of rotatable bonds is 5. The molecule has 0 aliphatic carbocycles. The van der Waals surface area contributed by atoms with Crippen LogP contribution < -0.4 is 16.0 Å². The minimum absolute atomic E-state index is 0.121. The second kappa shape index (κ2) is 8.75. The number of nitrogens with zero attached hydrogens (tertiary/aromatic N) is 1. The molecule has 0 saturated carbocycles. The highest BCUT2D eigenvalue weighted by Crippen LogP contribution is 2.36. The van der Waals surface area contributed by atoms with Gasteiger partial charge in [-0.15, -0.1) is 11.8 Å². The van der Waals surface area contributed by atoms with Gasteiger partial charge < -0.3 is 21.1 Å². The average Bonchev–Trinajstić information content (AvgIpc) is 2.79. The number of carbonyl (C=O) groups is 2. The fraction of sp³-hybridized carbons (Fsp3) is 0.333. The summed E-state index contributed by atoms with van der Waals surface area (Å²) in [5, 5.41) is 13.2. The van der Waals surface area contributed by atoms with Gasteiger partial charge in [-0.25, -0.2) is 0 Å². The van der Waals surface area contributed by atoms with Crippen molar-refractivity contribution in [3.05, 3.63) is 58.6 Å². The van der Waals surface area contributed by atoms with Gasteiger partial charge in [0.1, 0.15) is 0 Å². The van der Waals surface area contributed by atoms with E-state index >= 15 is 0 Å². The van der Waals surface area contributed by atoms with Crippen LogP contribution in [0.3, 0.4) is 0 Å². The predicted molar refractivity (Wildman–Crippen MR) is 116 cm³/mol. The number of amides is 2. The van der Waals surface area contributed by atoms with Gasteiger partial charge in [0, 0.05) is 27.8 Å². The van der Waals surface area contributed by atoms with Crippen LogP contribution in [0, 0.1) is 0 Å². The summed E-state index contributed by atoms with van der Waals surface area (Å²) in [5.41, 5.74) is 7.04. The van der Waals surface area contributed by atoms with E-state index in [4.69, 9.17) is 17.3 Å². The molecule has 0 aromatic heterocycles. The monoisotopic (exact) mass is 433 g/mol. The molecule has 0 bridgehead atoms. The topological polar surface area (TPSA) is 95.7 Å². The first-order valence-corrected chi connectivity index (χ1v) is 10.6. The van der Waals surface area contributed by atoms with E-state index in [0.717, 1.165) is 10.5 Å². The standard InChI is InChI=1S/C21H24ClN3O3S/c1-21(2,28)12-24-19(26)14-5-8-18-17(9-14)25(20(27)16(23)11-29-18)10-13-3-6-15(22)7-4-13/h3-9,16,28H,10-12,23H2,1-2H3,(H,24,26)/t16-/m0/s1. The summed E-state index contributed by atoms with van der Waals surface area (Å²) in [7, 11) is 0. The number of hydrogen-bond acceptors (Lipinski definition) is 5. The Bertz CT molecular complexity index is 912. The molecule has 29 heavy (non-hydrogen) atoms. The van der Waals surface area contributed by atoms with Crippen LogP contribution in [0.5, 0.6) is 0 Å². The summed E-state index contributed by atoms with van der Waals surface area (Å²) in [4.78, 5) is 28.0. The van der Waals surface area contributed by atoms with Crippen molar-refractivity contribution in [3.8, 4) is 0 Å². The Morgan fingerprint density at radius 3 is 2.66 bits per heavy atom. The molecule has 2 aromatic rings. The number of thioether (sulfide) groups is 1. The molecule has 0 radical (unpaired) electrons. The molecule has 8 heteroatoms.